The molecule has 0 fully saturated rings. The lowest BCUT2D eigenvalue weighted by atomic mass is 9.92. The molecule has 0 radical (unpaired) electrons. The van der Waals surface area contributed by atoms with Crippen LogP contribution in [0.25, 0.3) is 0 Å². The van der Waals surface area contributed by atoms with E-state index in [1.807, 2.05) is 13.0 Å². The number of Topliss-reactive ketones (excluding diaryl/α,β-unsaturated/α-hetero) is 1. The first-order valence-electron chi connectivity index (χ1n) is 10.1. The number of carbonyl (C=O) groups is 1. The van der Waals surface area contributed by atoms with Gasteiger partial charge in [0.1, 0.15) is 34.7 Å². The van der Waals surface area contributed by atoms with Crippen molar-refractivity contribution in [3.63, 3.8) is 0 Å². The number of phenols is 3. The fourth-order valence-electron chi connectivity index (χ4n) is 3.57. The quantitative estimate of drug-likeness (QED) is 0.530. The van der Waals surface area contributed by atoms with Crippen LogP contribution in [-0.4, -0.2) is 21.1 Å². The molecule has 0 saturated heterocycles. The SMILES string of the molecule is CC(C)=CCC/C(C)=C\Cc1c(O)cc(O)c2c1O[C@H](c1ccc(O)cc1)CC2=O. The summed E-state index contributed by atoms with van der Waals surface area (Å²) >= 11 is 0. The van der Waals surface area contributed by atoms with Gasteiger partial charge in [-0.15, -0.1) is 0 Å². The minimum Gasteiger partial charge on any atom is -0.508 e. The van der Waals surface area contributed by atoms with E-state index < -0.39 is 6.10 Å². The molecule has 0 saturated carbocycles. The standard InChI is InChI=1S/C25H28O5/c1-15(2)5-4-6-16(3)7-12-19-20(27)13-21(28)24-22(29)14-23(30-25(19)24)17-8-10-18(26)11-9-17/h5,7-11,13,23,26-28H,4,6,12,14H2,1-3H3/b16-7-/t23-/m0/s1. The van der Waals surface area contributed by atoms with Gasteiger partial charge in [-0.25, -0.2) is 0 Å². The molecule has 158 valence electrons. The Morgan fingerprint density at radius 1 is 1.07 bits per heavy atom. The molecule has 30 heavy (non-hydrogen) atoms. The minimum absolute atomic E-state index is 0.0765. The molecule has 0 unspecified atom stereocenters. The van der Waals surface area contributed by atoms with E-state index in [4.69, 9.17) is 4.74 Å². The molecular formula is C25H28O5. The summed E-state index contributed by atoms with van der Waals surface area (Å²) in [5, 5.41) is 30.2. The number of benzene rings is 2. The lowest BCUT2D eigenvalue weighted by molar-refractivity contribution is 0.0842. The average molecular weight is 408 g/mol. The zero-order valence-electron chi connectivity index (χ0n) is 17.6. The average Bonchev–Trinajstić information content (AvgIpc) is 2.67. The first kappa shape index (κ1) is 21.5. The first-order valence-corrected chi connectivity index (χ1v) is 10.1. The van der Waals surface area contributed by atoms with Crippen LogP contribution in [0.5, 0.6) is 23.0 Å². The minimum atomic E-state index is -0.548. The molecule has 3 N–H and O–H groups in total. The molecule has 0 spiro atoms. The molecule has 5 nitrogen and oxygen atoms in total. The van der Waals surface area contributed by atoms with Gasteiger partial charge in [-0.2, -0.15) is 0 Å². The zero-order chi connectivity index (χ0) is 21.8. The maximum absolute atomic E-state index is 12.8. The number of fused-ring (bicyclic) bond motifs is 1. The highest BCUT2D eigenvalue weighted by molar-refractivity contribution is 6.03. The third-order valence-electron chi connectivity index (χ3n) is 5.26. The third kappa shape index (κ3) is 4.85. The van der Waals surface area contributed by atoms with E-state index in [9.17, 15) is 20.1 Å². The summed E-state index contributed by atoms with van der Waals surface area (Å²) in [6, 6.07) is 7.70. The topological polar surface area (TPSA) is 87.0 Å². The maximum Gasteiger partial charge on any atom is 0.174 e. The van der Waals surface area contributed by atoms with E-state index in [0.717, 1.165) is 18.4 Å². The number of hydrogen-bond acceptors (Lipinski definition) is 5. The number of carbonyl (C=O) groups excluding carboxylic acids is 1. The van der Waals surface area contributed by atoms with Crippen molar-refractivity contribution in [1.82, 2.24) is 0 Å². The Morgan fingerprint density at radius 2 is 1.77 bits per heavy atom. The highest BCUT2D eigenvalue weighted by atomic mass is 16.5. The van der Waals surface area contributed by atoms with Gasteiger partial charge in [0.25, 0.3) is 0 Å². The Hall–Kier alpha value is -3.21. The summed E-state index contributed by atoms with van der Waals surface area (Å²) in [6.07, 6.45) is 5.97. The van der Waals surface area contributed by atoms with Gasteiger partial charge in [-0.05, 0) is 57.7 Å². The molecule has 1 heterocycles. The summed E-state index contributed by atoms with van der Waals surface area (Å²) < 4.78 is 6.10. The Balaban J connectivity index is 1.91. The van der Waals surface area contributed by atoms with Crippen LogP contribution in [0.1, 0.15) is 67.6 Å². The molecular weight excluding hydrogens is 380 g/mol. The van der Waals surface area contributed by atoms with Gasteiger partial charge in [0.2, 0.25) is 0 Å². The van der Waals surface area contributed by atoms with Crippen molar-refractivity contribution in [3.8, 4) is 23.0 Å². The lowest BCUT2D eigenvalue weighted by Crippen LogP contribution is -2.21. The largest absolute Gasteiger partial charge is 0.508 e. The molecule has 2 aromatic rings. The summed E-state index contributed by atoms with van der Waals surface area (Å²) in [4.78, 5) is 12.8. The number of phenolic OH excluding ortho intramolecular Hbond substituents is 3. The number of allylic oxidation sites excluding steroid dienone is 4. The molecule has 0 aliphatic carbocycles. The molecule has 1 atom stereocenters. The molecule has 0 aromatic heterocycles. The van der Waals surface area contributed by atoms with Gasteiger partial charge in [-0.1, -0.05) is 35.4 Å². The number of aromatic hydroxyl groups is 3. The van der Waals surface area contributed by atoms with Crippen LogP contribution in [0.15, 0.2) is 53.6 Å². The molecule has 0 bridgehead atoms. The van der Waals surface area contributed by atoms with E-state index in [0.29, 0.717) is 12.0 Å². The van der Waals surface area contributed by atoms with Crippen LogP contribution in [0, 0.1) is 0 Å². The third-order valence-corrected chi connectivity index (χ3v) is 5.26. The fraction of sp³-hybridized carbons (Fsp3) is 0.320. The van der Waals surface area contributed by atoms with Gasteiger partial charge in [0.05, 0.1) is 6.42 Å². The number of ketones is 1. The summed E-state index contributed by atoms with van der Waals surface area (Å²) in [5.41, 5.74) is 3.80. The van der Waals surface area contributed by atoms with Crippen LogP contribution in [-0.2, 0) is 6.42 Å². The van der Waals surface area contributed by atoms with Gasteiger partial charge >= 0.3 is 0 Å². The van der Waals surface area contributed by atoms with Crippen LogP contribution in [0.4, 0.5) is 0 Å². The van der Waals surface area contributed by atoms with Gasteiger partial charge in [0, 0.05) is 11.6 Å². The van der Waals surface area contributed by atoms with E-state index in [2.05, 4.69) is 19.9 Å². The predicted molar refractivity (Wildman–Crippen MR) is 116 cm³/mol. The Labute approximate surface area is 177 Å². The normalized spacial score (nSPS) is 16.0. The number of ether oxygens (including phenoxy) is 1. The summed E-state index contributed by atoms with van der Waals surface area (Å²) in [7, 11) is 0. The summed E-state index contributed by atoms with van der Waals surface area (Å²) in [6.45, 7) is 6.17. The van der Waals surface area contributed by atoms with E-state index in [1.54, 1.807) is 12.1 Å². The smallest absolute Gasteiger partial charge is 0.174 e. The predicted octanol–water partition coefficient (Wildman–Crippen LogP) is 5.75. The van der Waals surface area contributed by atoms with Crippen molar-refractivity contribution >= 4 is 5.78 Å². The van der Waals surface area contributed by atoms with Crippen LogP contribution < -0.4 is 4.74 Å². The highest BCUT2D eigenvalue weighted by Crippen LogP contribution is 2.45. The van der Waals surface area contributed by atoms with Gasteiger partial charge in [0.15, 0.2) is 5.78 Å². The Morgan fingerprint density at radius 3 is 2.43 bits per heavy atom. The maximum atomic E-state index is 12.8. The highest BCUT2D eigenvalue weighted by Gasteiger charge is 2.33. The number of rotatable bonds is 6. The van der Waals surface area contributed by atoms with Crippen molar-refractivity contribution < 1.29 is 24.9 Å². The molecule has 0 amide bonds. The van der Waals surface area contributed by atoms with Crippen molar-refractivity contribution in [2.24, 2.45) is 0 Å². The Bertz CT molecular complexity index is 995. The zero-order valence-corrected chi connectivity index (χ0v) is 17.6. The number of hydrogen-bond donors (Lipinski definition) is 3. The second kappa shape index (κ2) is 9.08. The van der Waals surface area contributed by atoms with Crippen molar-refractivity contribution in [1.29, 1.82) is 0 Å². The fourth-order valence-corrected chi connectivity index (χ4v) is 3.57. The molecule has 2 aromatic carbocycles. The summed E-state index contributed by atoms with van der Waals surface area (Å²) in [5.74, 6) is -0.248. The monoisotopic (exact) mass is 408 g/mol. The Kier molecular flexibility index (Phi) is 6.50. The first-order chi connectivity index (χ1) is 14.3. The van der Waals surface area contributed by atoms with E-state index in [1.165, 1.54) is 29.3 Å². The van der Waals surface area contributed by atoms with Crippen molar-refractivity contribution in [3.05, 3.63) is 70.3 Å². The molecule has 1 aliphatic heterocycles. The molecule has 5 heteroatoms. The van der Waals surface area contributed by atoms with Crippen LogP contribution >= 0.6 is 0 Å². The van der Waals surface area contributed by atoms with Crippen LogP contribution in [0.2, 0.25) is 0 Å². The van der Waals surface area contributed by atoms with Crippen LogP contribution in [0.3, 0.4) is 0 Å². The molecule has 3 rings (SSSR count). The van der Waals surface area contributed by atoms with Crippen molar-refractivity contribution in [2.75, 3.05) is 0 Å². The lowest BCUT2D eigenvalue weighted by Gasteiger charge is -2.28. The van der Waals surface area contributed by atoms with E-state index >= 15 is 0 Å². The van der Waals surface area contributed by atoms with Gasteiger partial charge < -0.3 is 20.1 Å². The second-order valence-corrected chi connectivity index (χ2v) is 8.00. The molecule has 1 aliphatic rings. The van der Waals surface area contributed by atoms with Gasteiger partial charge in [-0.3, -0.25) is 4.79 Å². The van der Waals surface area contributed by atoms with E-state index in [-0.39, 0.29) is 40.8 Å². The van der Waals surface area contributed by atoms with Crippen molar-refractivity contribution in [2.45, 2.75) is 52.6 Å². The second-order valence-electron chi connectivity index (χ2n) is 8.00.